The van der Waals surface area contributed by atoms with E-state index in [4.69, 9.17) is 23.2 Å². The molecule has 0 saturated carbocycles. The number of rotatable bonds is 8. The van der Waals surface area contributed by atoms with Crippen molar-refractivity contribution in [1.29, 1.82) is 0 Å². The molecule has 12 heteroatoms. The second-order valence-electron chi connectivity index (χ2n) is 9.70. The summed E-state index contributed by atoms with van der Waals surface area (Å²) in [5.41, 5.74) is 4.17. The lowest BCUT2D eigenvalue weighted by molar-refractivity contribution is -0.117. The Kier molecular flexibility index (Phi) is 11.6. The SMILES string of the molecule is CC.Cc1c(NCCN2CCCCC2)ccc2c1CC(=O)N(c1ccc(NC(=O)NSc3cc(Cl)c(Cl)s3)cc1)C2=O. The first-order valence-corrected chi connectivity index (χ1v) is 16.4. The maximum Gasteiger partial charge on any atom is 0.329 e. The topological polar surface area (TPSA) is 93.8 Å². The number of anilines is 3. The van der Waals surface area contributed by atoms with Crippen molar-refractivity contribution in [2.24, 2.45) is 0 Å². The van der Waals surface area contributed by atoms with E-state index < -0.39 is 6.03 Å². The van der Waals surface area contributed by atoms with Gasteiger partial charge in [0.05, 0.1) is 21.3 Å². The van der Waals surface area contributed by atoms with Crippen LogP contribution in [0.3, 0.4) is 0 Å². The molecule has 1 saturated heterocycles. The molecule has 4 amide bonds. The Bertz CT molecular complexity index is 1410. The first kappa shape index (κ1) is 32.2. The van der Waals surface area contributed by atoms with Gasteiger partial charge in [-0.3, -0.25) is 14.3 Å². The molecular weight excluding hydrogens is 613 g/mol. The first-order chi connectivity index (χ1) is 20.3. The molecule has 2 aromatic carbocycles. The Morgan fingerprint density at radius 3 is 2.40 bits per heavy atom. The fourth-order valence-corrected chi connectivity index (χ4v) is 7.23. The number of fused-ring (bicyclic) bond motifs is 1. The van der Waals surface area contributed by atoms with Gasteiger partial charge in [-0.2, -0.15) is 0 Å². The van der Waals surface area contributed by atoms with Crippen LogP contribution in [-0.4, -0.2) is 48.9 Å². The van der Waals surface area contributed by atoms with Crippen molar-refractivity contribution in [2.75, 3.05) is 41.7 Å². The van der Waals surface area contributed by atoms with Crippen LogP contribution in [0.25, 0.3) is 0 Å². The molecule has 42 heavy (non-hydrogen) atoms. The highest BCUT2D eigenvalue weighted by atomic mass is 35.5. The van der Waals surface area contributed by atoms with E-state index in [1.807, 2.05) is 26.8 Å². The highest BCUT2D eigenvalue weighted by Crippen LogP contribution is 2.36. The Morgan fingerprint density at radius 1 is 1.02 bits per heavy atom. The van der Waals surface area contributed by atoms with Gasteiger partial charge < -0.3 is 15.5 Å². The highest BCUT2D eigenvalue weighted by molar-refractivity contribution is 7.99. The maximum atomic E-state index is 13.4. The Morgan fingerprint density at radius 2 is 1.74 bits per heavy atom. The number of halogens is 2. The van der Waals surface area contributed by atoms with Crippen molar-refractivity contribution < 1.29 is 14.4 Å². The number of carbonyl (C=O) groups is 3. The smallest absolute Gasteiger partial charge is 0.329 e. The minimum atomic E-state index is -0.437. The molecule has 1 fully saturated rings. The van der Waals surface area contributed by atoms with Crippen LogP contribution in [0.5, 0.6) is 0 Å². The summed E-state index contributed by atoms with van der Waals surface area (Å²) in [6.45, 7) is 10.1. The fourth-order valence-electron chi connectivity index (χ4n) is 4.96. The number of piperidine rings is 1. The molecule has 3 aromatic rings. The van der Waals surface area contributed by atoms with Gasteiger partial charge in [0.25, 0.3) is 5.91 Å². The van der Waals surface area contributed by atoms with E-state index in [9.17, 15) is 14.4 Å². The molecule has 5 rings (SSSR count). The Labute approximate surface area is 265 Å². The predicted octanol–water partition coefficient (Wildman–Crippen LogP) is 7.85. The van der Waals surface area contributed by atoms with Gasteiger partial charge in [-0.15, -0.1) is 11.3 Å². The molecule has 2 aliphatic rings. The standard InChI is InChI=1S/C28H29Cl2N5O3S2.C2H6/c1-17-21-15-24(36)35(27(37)20(21)9-10-23(17)31-11-14-34-12-3-2-4-13-34)19-7-5-18(6-8-19)32-28(38)33-40-25-16-22(29)26(30)39-25;1-2/h5-10,16,31H,2-4,11-15H2,1H3,(H2,32,33,38);1-2H3. The number of likely N-dealkylation sites (tertiary alicyclic amines) is 1. The van der Waals surface area contributed by atoms with Gasteiger partial charge in [0.1, 0.15) is 4.34 Å². The molecule has 0 unspecified atom stereocenters. The normalized spacial score (nSPS) is 15.0. The summed E-state index contributed by atoms with van der Waals surface area (Å²) in [7, 11) is 0. The molecule has 8 nitrogen and oxygen atoms in total. The van der Waals surface area contributed by atoms with Gasteiger partial charge in [-0.1, -0.05) is 43.5 Å². The molecule has 0 radical (unpaired) electrons. The number of nitrogens with zero attached hydrogens (tertiary/aromatic N) is 2. The van der Waals surface area contributed by atoms with Crippen molar-refractivity contribution in [3.8, 4) is 0 Å². The summed E-state index contributed by atoms with van der Waals surface area (Å²) in [6, 6.07) is 11.6. The van der Waals surface area contributed by atoms with Gasteiger partial charge in [0.15, 0.2) is 0 Å². The van der Waals surface area contributed by atoms with E-state index in [1.165, 1.54) is 35.5 Å². The lowest BCUT2D eigenvalue weighted by Gasteiger charge is -2.29. The highest BCUT2D eigenvalue weighted by Gasteiger charge is 2.33. The van der Waals surface area contributed by atoms with Gasteiger partial charge in [0.2, 0.25) is 5.91 Å². The molecule has 2 aliphatic heterocycles. The number of hydrogen-bond donors (Lipinski definition) is 3. The average Bonchev–Trinajstić information content (AvgIpc) is 3.32. The van der Waals surface area contributed by atoms with Crippen molar-refractivity contribution in [2.45, 2.75) is 50.7 Å². The molecular formula is C30H35Cl2N5O3S2. The summed E-state index contributed by atoms with van der Waals surface area (Å²) in [4.78, 5) is 42.5. The average molecular weight is 649 g/mol. The predicted molar refractivity (Wildman–Crippen MR) is 176 cm³/mol. The monoisotopic (exact) mass is 647 g/mol. The zero-order valence-corrected chi connectivity index (χ0v) is 27.0. The van der Waals surface area contributed by atoms with Crippen LogP contribution in [0, 0.1) is 6.92 Å². The van der Waals surface area contributed by atoms with Gasteiger partial charge in [-0.25, -0.2) is 9.69 Å². The fraction of sp³-hybridized carbons (Fsp3) is 0.367. The van der Waals surface area contributed by atoms with E-state index in [2.05, 4.69) is 20.3 Å². The zero-order valence-electron chi connectivity index (χ0n) is 23.9. The summed E-state index contributed by atoms with van der Waals surface area (Å²) < 4.78 is 3.87. The third kappa shape index (κ3) is 7.79. The van der Waals surface area contributed by atoms with Crippen molar-refractivity contribution in [1.82, 2.24) is 9.62 Å². The van der Waals surface area contributed by atoms with E-state index >= 15 is 0 Å². The summed E-state index contributed by atoms with van der Waals surface area (Å²) in [5.74, 6) is -0.633. The number of thiophene rings is 1. The van der Waals surface area contributed by atoms with Gasteiger partial charge in [-0.05, 0) is 98.4 Å². The molecule has 0 bridgehead atoms. The molecule has 224 valence electrons. The number of hydrogen-bond acceptors (Lipinski definition) is 7. The van der Waals surface area contributed by atoms with E-state index in [0.29, 0.717) is 26.3 Å². The van der Waals surface area contributed by atoms with Crippen molar-refractivity contribution >= 4 is 81.4 Å². The maximum absolute atomic E-state index is 13.4. The van der Waals surface area contributed by atoms with Crippen LogP contribution in [0.15, 0.2) is 46.7 Å². The van der Waals surface area contributed by atoms with Crippen LogP contribution < -0.4 is 20.3 Å². The van der Waals surface area contributed by atoms with Crippen molar-refractivity contribution in [3.63, 3.8) is 0 Å². The molecule has 1 aromatic heterocycles. The van der Waals surface area contributed by atoms with Crippen LogP contribution in [0.4, 0.5) is 21.9 Å². The number of imide groups is 1. The van der Waals surface area contributed by atoms with Crippen LogP contribution in [-0.2, 0) is 11.2 Å². The summed E-state index contributed by atoms with van der Waals surface area (Å²) >= 11 is 14.3. The van der Waals surface area contributed by atoms with Crippen LogP contribution in [0.1, 0.15) is 54.6 Å². The van der Waals surface area contributed by atoms with E-state index in [1.54, 1.807) is 36.4 Å². The lowest BCUT2D eigenvalue weighted by Crippen LogP contribution is -2.42. The Hall–Kier alpha value is -2.76. The molecule has 3 heterocycles. The van der Waals surface area contributed by atoms with Gasteiger partial charge in [0, 0.05) is 30.0 Å². The van der Waals surface area contributed by atoms with Crippen LogP contribution in [0.2, 0.25) is 9.36 Å². The van der Waals surface area contributed by atoms with Gasteiger partial charge >= 0.3 is 6.03 Å². The quantitative estimate of drug-likeness (QED) is 0.170. The summed E-state index contributed by atoms with van der Waals surface area (Å²) in [5, 5.41) is 6.66. The molecule has 0 aliphatic carbocycles. The van der Waals surface area contributed by atoms with Crippen molar-refractivity contribution in [3.05, 3.63) is 68.5 Å². The van der Waals surface area contributed by atoms with E-state index in [-0.39, 0.29) is 18.2 Å². The largest absolute Gasteiger partial charge is 0.384 e. The third-order valence-electron chi connectivity index (χ3n) is 7.05. The summed E-state index contributed by atoms with van der Waals surface area (Å²) in [6.07, 6.45) is 3.97. The first-order valence-electron chi connectivity index (χ1n) is 14.0. The Balaban J connectivity index is 0.00000198. The van der Waals surface area contributed by atoms with E-state index in [0.717, 1.165) is 59.2 Å². The number of amides is 4. The number of carbonyl (C=O) groups excluding carboxylic acids is 3. The molecule has 0 atom stereocenters. The third-order valence-corrected chi connectivity index (χ3v) is 9.82. The minimum Gasteiger partial charge on any atom is -0.384 e. The minimum absolute atomic E-state index is 0.144. The number of nitrogens with one attached hydrogen (secondary N) is 3. The second kappa shape index (κ2) is 15.1. The lowest BCUT2D eigenvalue weighted by atomic mass is 9.92. The molecule has 3 N–H and O–H groups in total. The molecule has 0 spiro atoms. The number of urea groups is 1. The zero-order chi connectivity index (χ0) is 30.2. The van der Waals surface area contributed by atoms with Crippen LogP contribution >= 0.6 is 46.5 Å². The number of benzene rings is 2. The second-order valence-corrected chi connectivity index (χ2v) is 12.9.